The number of aromatic nitrogens is 2. The number of halogens is 1. The van der Waals surface area contributed by atoms with Crippen molar-refractivity contribution in [2.24, 2.45) is 0 Å². The Kier molecular flexibility index (Phi) is 4.44. The van der Waals surface area contributed by atoms with Gasteiger partial charge in [-0.2, -0.15) is 4.98 Å². The maximum atomic E-state index is 5.37. The summed E-state index contributed by atoms with van der Waals surface area (Å²) in [5.41, 5.74) is 0.958. The van der Waals surface area contributed by atoms with Crippen molar-refractivity contribution >= 4 is 15.9 Å². The lowest BCUT2D eigenvalue weighted by Gasteiger charge is -2.16. The number of benzene rings is 1. The van der Waals surface area contributed by atoms with Gasteiger partial charge in [0.15, 0.2) is 0 Å². The van der Waals surface area contributed by atoms with E-state index in [2.05, 4.69) is 36.3 Å². The summed E-state index contributed by atoms with van der Waals surface area (Å²) >= 11 is 3.51. The molecule has 3 rings (SSSR count). The molecule has 106 valence electrons. The molecule has 0 unspecified atom stereocenters. The second kappa shape index (κ2) is 6.47. The molecule has 0 amide bonds. The first-order chi connectivity index (χ1) is 9.83. The number of hydrogen-bond donors (Lipinski definition) is 1. The van der Waals surface area contributed by atoms with Crippen LogP contribution in [0.3, 0.4) is 0 Å². The molecule has 1 saturated heterocycles. The summed E-state index contributed by atoms with van der Waals surface area (Å²) < 4.78 is 6.35. The third-order valence-corrected chi connectivity index (χ3v) is 4.07. The monoisotopic (exact) mass is 336 g/mol. The highest BCUT2D eigenvalue weighted by Crippen LogP contribution is 2.25. The van der Waals surface area contributed by atoms with E-state index >= 15 is 0 Å². The molecule has 0 bridgehead atoms. The van der Waals surface area contributed by atoms with Crippen LogP contribution in [0.1, 0.15) is 12.3 Å². The van der Waals surface area contributed by atoms with Gasteiger partial charge in [0.05, 0.1) is 6.54 Å². The maximum absolute atomic E-state index is 5.37. The topological polar surface area (TPSA) is 54.2 Å². The van der Waals surface area contributed by atoms with Gasteiger partial charge in [0.2, 0.25) is 11.7 Å². The van der Waals surface area contributed by atoms with Crippen molar-refractivity contribution in [1.29, 1.82) is 0 Å². The van der Waals surface area contributed by atoms with Gasteiger partial charge in [-0.3, -0.25) is 4.90 Å². The Morgan fingerprint density at radius 3 is 3.05 bits per heavy atom. The van der Waals surface area contributed by atoms with E-state index in [0.717, 1.165) is 49.2 Å². The third kappa shape index (κ3) is 3.26. The molecule has 0 radical (unpaired) electrons. The van der Waals surface area contributed by atoms with E-state index in [-0.39, 0.29) is 0 Å². The van der Waals surface area contributed by atoms with Crippen molar-refractivity contribution in [2.75, 3.05) is 26.2 Å². The number of hydrogen-bond acceptors (Lipinski definition) is 5. The van der Waals surface area contributed by atoms with Crippen molar-refractivity contribution in [2.45, 2.75) is 13.0 Å². The molecule has 0 atom stereocenters. The molecule has 0 saturated carbocycles. The summed E-state index contributed by atoms with van der Waals surface area (Å²) in [6, 6.07) is 7.90. The Morgan fingerprint density at radius 2 is 2.15 bits per heavy atom. The fourth-order valence-corrected chi connectivity index (χ4v) is 2.78. The lowest BCUT2D eigenvalue weighted by Crippen LogP contribution is -2.27. The van der Waals surface area contributed by atoms with E-state index in [9.17, 15) is 0 Å². The predicted octanol–water partition coefficient (Wildman–Crippen LogP) is 2.29. The molecule has 6 heteroatoms. The minimum atomic E-state index is 0.639. The molecule has 1 aliphatic heterocycles. The minimum Gasteiger partial charge on any atom is -0.338 e. The number of rotatable bonds is 3. The van der Waals surface area contributed by atoms with Crippen LogP contribution in [0.2, 0.25) is 0 Å². The Bertz CT molecular complexity index is 564. The van der Waals surface area contributed by atoms with Crippen LogP contribution in [-0.2, 0) is 6.54 Å². The zero-order valence-corrected chi connectivity index (χ0v) is 12.8. The molecule has 1 aliphatic rings. The van der Waals surface area contributed by atoms with Crippen LogP contribution in [0.15, 0.2) is 33.3 Å². The van der Waals surface area contributed by atoms with Gasteiger partial charge >= 0.3 is 0 Å². The van der Waals surface area contributed by atoms with Gasteiger partial charge in [0.1, 0.15) is 0 Å². The highest BCUT2D eigenvalue weighted by atomic mass is 79.9. The standard InChI is InChI=1S/C14H17BrN4O/c15-12-5-2-1-4-11(12)14-17-13(20-18-14)10-19-8-3-6-16-7-9-19/h1-2,4-5,16H,3,6-10H2. The molecule has 1 N–H and O–H groups in total. The maximum Gasteiger partial charge on any atom is 0.241 e. The lowest BCUT2D eigenvalue weighted by molar-refractivity contribution is 0.239. The van der Waals surface area contributed by atoms with Crippen LogP contribution in [0.4, 0.5) is 0 Å². The van der Waals surface area contributed by atoms with Crippen molar-refractivity contribution < 1.29 is 4.52 Å². The van der Waals surface area contributed by atoms with Crippen LogP contribution in [-0.4, -0.2) is 41.2 Å². The van der Waals surface area contributed by atoms with Crippen LogP contribution in [0, 0.1) is 0 Å². The van der Waals surface area contributed by atoms with E-state index in [1.165, 1.54) is 0 Å². The van der Waals surface area contributed by atoms with E-state index in [4.69, 9.17) is 4.52 Å². The van der Waals surface area contributed by atoms with Gasteiger partial charge in [-0.1, -0.05) is 33.2 Å². The summed E-state index contributed by atoms with van der Waals surface area (Å²) in [5.74, 6) is 1.32. The lowest BCUT2D eigenvalue weighted by atomic mass is 10.2. The zero-order chi connectivity index (χ0) is 13.8. The SMILES string of the molecule is Brc1ccccc1-c1noc(CN2CCCNCC2)n1. The first-order valence-electron chi connectivity index (χ1n) is 6.83. The summed E-state index contributed by atoms with van der Waals surface area (Å²) in [6.45, 7) is 4.92. The Hall–Kier alpha value is -1.24. The highest BCUT2D eigenvalue weighted by molar-refractivity contribution is 9.10. The molecule has 1 aromatic carbocycles. The average molecular weight is 337 g/mol. The summed E-state index contributed by atoms with van der Waals surface area (Å²) in [5, 5.41) is 7.46. The van der Waals surface area contributed by atoms with Crippen molar-refractivity contribution in [1.82, 2.24) is 20.4 Å². The molecule has 0 aliphatic carbocycles. The van der Waals surface area contributed by atoms with E-state index in [1.54, 1.807) is 0 Å². The normalized spacial score (nSPS) is 17.1. The van der Waals surface area contributed by atoms with Gasteiger partial charge < -0.3 is 9.84 Å². The van der Waals surface area contributed by atoms with Crippen molar-refractivity contribution in [3.8, 4) is 11.4 Å². The van der Waals surface area contributed by atoms with Crippen molar-refractivity contribution in [3.05, 3.63) is 34.6 Å². The molecule has 1 fully saturated rings. The first kappa shape index (κ1) is 13.7. The minimum absolute atomic E-state index is 0.639. The molecule has 5 nitrogen and oxygen atoms in total. The van der Waals surface area contributed by atoms with E-state index in [0.29, 0.717) is 11.7 Å². The highest BCUT2D eigenvalue weighted by Gasteiger charge is 2.15. The first-order valence-corrected chi connectivity index (χ1v) is 7.63. The Labute approximate surface area is 126 Å². The molecule has 2 heterocycles. The van der Waals surface area contributed by atoms with E-state index < -0.39 is 0 Å². The largest absolute Gasteiger partial charge is 0.338 e. The number of nitrogens with one attached hydrogen (secondary N) is 1. The van der Waals surface area contributed by atoms with Crippen LogP contribution < -0.4 is 5.32 Å². The summed E-state index contributed by atoms with van der Waals surface area (Å²) in [4.78, 5) is 6.84. The molecule has 20 heavy (non-hydrogen) atoms. The van der Waals surface area contributed by atoms with Gasteiger partial charge in [-0.15, -0.1) is 0 Å². The Balaban J connectivity index is 1.72. The predicted molar refractivity (Wildman–Crippen MR) is 80.2 cm³/mol. The Morgan fingerprint density at radius 1 is 1.25 bits per heavy atom. The molecular weight excluding hydrogens is 320 g/mol. The van der Waals surface area contributed by atoms with Gasteiger partial charge in [-0.25, -0.2) is 0 Å². The van der Waals surface area contributed by atoms with Gasteiger partial charge in [-0.05, 0) is 31.6 Å². The van der Waals surface area contributed by atoms with Gasteiger partial charge in [0, 0.05) is 23.1 Å². The van der Waals surface area contributed by atoms with Crippen molar-refractivity contribution in [3.63, 3.8) is 0 Å². The average Bonchev–Trinajstić information content (AvgIpc) is 2.75. The fourth-order valence-electron chi connectivity index (χ4n) is 2.32. The van der Waals surface area contributed by atoms with Gasteiger partial charge in [0.25, 0.3) is 0 Å². The fraction of sp³-hybridized carbons (Fsp3) is 0.429. The molecular formula is C14H17BrN4O. The third-order valence-electron chi connectivity index (χ3n) is 3.37. The summed E-state index contributed by atoms with van der Waals surface area (Å²) in [6.07, 6.45) is 1.16. The van der Waals surface area contributed by atoms with E-state index in [1.807, 2.05) is 24.3 Å². The second-order valence-electron chi connectivity index (χ2n) is 4.87. The smallest absolute Gasteiger partial charge is 0.241 e. The second-order valence-corrected chi connectivity index (χ2v) is 5.73. The quantitative estimate of drug-likeness (QED) is 0.931. The van der Waals surface area contributed by atoms with Crippen LogP contribution in [0.5, 0.6) is 0 Å². The summed E-state index contributed by atoms with van der Waals surface area (Å²) in [7, 11) is 0. The zero-order valence-electron chi connectivity index (χ0n) is 11.2. The molecule has 1 aromatic heterocycles. The number of nitrogens with zero attached hydrogens (tertiary/aromatic N) is 3. The van der Waals surface area contributed by atoms with Crippen LogP contribution >= 0.6 is 15.9 Å². The molecule has 0 spiro atoms. The molecule has 2 aromatic rings. The van der Waals surface area contributed by atoms with Crippen LogP contribution in [0.25, 0.3) is 11.4 Å².